The fourth-order valence-electron chi connectivity index (χ4n) is 3.34. The lowest BCUT2D eigenvalue weighted by Gasteiger charge is -2.15. The van der Waals surface area contributed by atoms with Crippen LogP contribution in [0.3, 0.4) is 0 Å². The fourth-order valence-corrected chi connectivity index (χ4v) is 3.34. The number of hydrogen-bond donors (Lipinski definition) is 0. The molecule has 150 valence electrons. The lowest BCUT2D eigenvalue weighted by molar-refractivity contribution is -0.148. The predicted molar refractivity (Wildman–Crippen MR) is 118 cm³/mol. The van der Waals surface area contributed by atoms with Gasteiger partial charge in [0.1, 0.15) is 11.9 Å². The standard InChI is InChI=1S/C26H28O3/c1-4-5-10-26(27)29-19(2)20-11-13-21(14-12-20)24-8-6-7-9-25(24)22-15-17-23(28-3)18-16-22/h6-9,11-19H,4-5,10H2,1-3H3. The SMILES string of the molecule is CCCCC(=O)OC(C)c1ccc(-c2ccccc2-c2ccc(OC)cc2)cc1. The third kappa shape index (κ3) is 5.26. The van der Waals surface area contributed by atoms with Gasteiger partial charge in [-0.15, -0.1) is 0 Å². The molecule has 3 aromatic carbocycles. The highest BCUT2D eigenvalue weighted by atomic mass is 16.5. The van der Waals surface area contributed by atoms with E-state index in [9.17, 15) is 4.79 Å². The summed E-state index contributed by atoms with van der Waals surface area (Å²) in [6.45, 7) is 3.99. The molecule has 0 saturated heterocycles. The maximum atomic E-state index is 11.9. The van der Waals surface area contributed by atoms with Crippen LogP contribution < -0.4 is 4.74 Å². The van der Waals surface area contributed by atoms with Gasteiger partial charge < -0.3 is 9.47 Å². The molecule has 0 aliphatic carbocycles. The summed E-state index contributed by atoms with van der Waals surface area (Å²) in [7, 11) is 1.67. The number of hydrogen-bond acceptors (Lipinski definition) is 3. The molecule has 0 heterocycles. The second kappa shape index (κ2) is 9.92. The molecule has 0 saturated carbocycles. The first-order chi connectivity index (χ1) is 14.1. The molecule has 0 bridgehead atoms. The zero-order valence-corrected chi connectivity index (χ0v) is 17.4. The van der Waals surface area contributed by atoms with Crippen LogP contribution in [0.2, 0.25) is 0 Å². The van der Waals surface area contributed by atoms with Crippen molar-refractivity contribution in [2.75, 3.05) is 7.11 Å². The van der Waals surface area contributed by atoms with E-state index in [0.717, 1.165) is 40.8 Å². The van der Waals surface area contributed by atoms with Crippen molar-refractivity contribution >= 4 is 5.97 Å². The number of carbonyl (C=O) groups excluding carboxylic acids is 1. The van der Waals surface area contributed by atoms with Crippen LogP contribution in [0, 0.1) is 0 Å². The first-order valence-electron chi connectivity index (χ1n) is 10.2. The van der Waals surface area contributed by atoms with Crippen molar-refractivity contribution in [3.8, 4) is 28.0 Å². The van der Waals surface area contributed by atoms with Gasteiger partial charge in [-0.1, -0.05) is 74.0 Å². The summed E-state index contributed by atoms with van der Waals surface area (Å²) in [4.78, 5) is 11.9. The number of rotatable bonds is 8. The average molecular weight is 389 g/mol. The minimum absolute atomic E-state index is 0.131. The van der Waals surface area contributed by atoms with E-state index in [1.165, 1.54) is 5.56 Å². The Morgan fingerprint density at radius 2 is 1.41 bits per heavy atom. The minimum Gasteiger partial charge on any atom is -0.497 e. The van der Waals surface area contributed by atoms with Gasteiger partial charge in [0.05, 0.1) is 7.11 Å². The lowest BCUT2D eigenvalue weighted by atomic mass is 9.94. The molecule has 0 fully saturated rings. The average Bonchev–Trinajstić information content (AvgIpc) is 2.78. The monoisotopic (exact) mass is 388 g/mol. The number of ether oxygens (including phenoxy) is 2. The van der Waals surface area contributed by atoms with Crippen molar-refractivity contribution in [1.29, 1.82) is 0 Å². The van der Waals surface area contributed by atoms with E-state index in [1.54, 1.807) is 7.11 Å². The van der Waals surface area contributed by atoms with Crippen LogP contribution >= 0.6 is 0 Å². The second-order valence-electron chi connectivity index (χ2n) is 7.13. The topological polar surface area (TPSA) is 35.5 Å². The highest BCUT2D eigenvalue weighted by Gasteiger charge is 2.12. The zero-order valence-electron chi connectivity index (χ0n) is 17.4. The summed E-state index contributed by atoms with van der Waals surface area (Å²) in [6.07, 6.45) is 2.09. The molecule has 3 heteroatoms. The molecule has 0 radical (unpaired) electrons. The van der Waals surface area contributed by atoms with Gasteiger partial charge in [0.2, 0.25) is 0 Å². The molecule has 1 unspecified atom stereocenters. The van der Waals surface area contributed by atoms with E-state index >= 15 is 0 Å². The molecule has 1 atom stereocenters. The van der Waals surface area contributed by atoms with Crippen molar-refractivity contribution in [3.05, 3.63) is 78.4 Å². The third-order valence-corrected chi connectivity index (χ3v) is 5.06. The van der Waals surface area contributed by atoms with Crippen molar-refractivity contribution in [2.45, 2.75) is 39.2 Å². The van der Waals surface area contributed by atoms with Crippen molar-refractivity contribution in [2.24, 2.45) is 0 Å². The maximum Gasteiger partial charge on any atom is 0.306 e. The number of carbonyl (C=O) groups is 1. The molecule has 3 aromatic rings. The molecule has 0 spiro atoms. The highest BCUT2D eigenvalue weighted by Crippen LogP contribution is 2.33. The predicted octanol–water partition coefficient (Wildman–Crippen LogP) is 6.82. The largest absolute Gasteiger partial charge is 0.497 e. The minimum atomic E-state index is -0.245. The number of esters is 1. The molecule has 0 aliphatic rings. The molecule has 3 rings (SSSR count). The molecular weight excluding hydrogens is 360 g/mol. The van der Waals surface area contributed by atoms with Crippen LogP contribution in [0.4, 0.5) is 0 Å². The molecule has 0 aliphatic heterocycles. The number of benzene rings is 3. The van der Waals surface area contributed by atoms with Crippen molar-refractivity contribution < 1.29 is 14.3 Å². The Morgan fingerprint density at radius 3 is 1.93 bits per heavy atom. The molecule has 3 nitrogen and oxygen atoms in total. The van der Waals surface area contributed by atoms with Crippen molar-refractivity contribution in [3.63, 3.8) is 0 Å². The Bertz CT molecular complexity index is 927. The van der Waals surface area contributed by atoms with Crippen LogP contribution in [0.15, 0.2) is 72.8 Å². The van der Waals surface area contributed by atoms with E-state index in [0.29, 0.717) is 6.42 Å². The van der Waals surface area contributed by atoms with Gasteiger partial charge in [0.15, 0.2) is 0 Å². The van der Waals surface area contributed by atoms with Gasteiger partial charge in [-0.3, -0.25) is 4.79 Å². The molecule has 0 N–H and O–H groups in total. The van der Waals surface area contributed by atoms with Crippen molar-refractivity contribution in [1.82, 2.24) is 0 Å². The van der Waals surface area contributed by atoms with E-state index in [4.69, 9.17) is 9.47 Å². The zero-order chi connectivity index (χ0) is 20.6. The van der Waals surface area contributed by atoms with Crippen LogP contribution in [-0.2, 0) is 9.53 Å². The van der Waals surface area contributed by atoms with Crippen LogP contribution in [-0.4, -0.2) is 13.1 Å². The van der Waals surface area contributed by atoms with Gasteiger partial charge in [-0.05, 0) is 53.3 Å². The molecular formula is C26H28O3. The second-order valence-corrected chi connectivity index (χ2v) is 7.13. The van der Waals surface area contributed by atoms with E-state index in [2.05, 4.69) is 55.5 Å². The number of methoxy groups -OCH3 is 1. The Morgan fingerprint density at radius 1 is 0.862 bits per heavy atom. The molecule has 0 aromatic heterocycles. The molecule has 0 amide bonds. The Kier molecular flexibility index (Phi) is 7.07. The van der Waals surface area contributed by atoms with E-state index in [-0.39, 0.29) is 12.1 Å². The number of unbranched alkanes of at least 4 members (excludes halogenated alkanes) is 1. The quantitative estimate of drug-likeness (QED) is 0.397. The van der Waals surface area contributed by atoms with Gasteiger partial charge in [-0.2, -0.15) is 0 Å². The first-order valence-corrected chi connectivity index (χ1v) is 10.2. The van der Waals surface area contributed by atoms with Crippen LogP contribution in [0.5, 0.6) is 5.75 Å². The molecule has 29 heavy (non-hydrogen) atoms. The normalized spacial score (nSPS) is 11.7. The highest BCUT2D eigenvalue weighted by molar-refractivity contribution is 5.83. The summed E-state index contributed by atoms with van der Waals surface area (Å²) in [5.74, 6) is 0.714. The van der Waals surface area contributed by atoms with Gasteiger partial charge in [0.25, 0.3) is 0 Å². The summed E-state index contributed by atoms with van der Waals surface area (Å²) >= 11 is 0. The van der Waals surface area contributed by atoms with Crippen LogP contribution in [0.25, 0.3) is 22.3 Å². The van der Waals surface area contributed by atoms with Gasteiger partial charge in [0, 0.05) is 6.42 Å². The maximum absolute atomic E-state index is 11.9. The first kappa shape index (κ1) is 20.7. The summed E-state index contributed by atoms with van der Waals surface area (Å²) in [6, 6.07) is 24.7. The summed E-state index contributed by atoms with van der Waals surface area (Å²) < 4.78 is 10.8. The van der Waals surface area contributed by atoms with Gasteiger partial charge >= 0.3 is 5.97 Å². The van der Waals surface area contributed by atoms with E-state index in [1.807, 2.05) is 31.2 Å². The lowest BCUT2D eigenvalue weighted by Crippen LogP contribution is -2.08. The van der Waals surface area contributed by atoms with Crippen LogP contribution in [0.1, 0.15) is 44.8 Å². The Hall–Kier alpha value is -3.07. The van der Waals surface area contributed by atoms with E-state index < -0.39 is 0 Å². The smallest absolute Gasteiger partial charge is 0.306 e. The summed E-state index contributed by atoms with van der Waals surface area (Å²) in [5.41, 5.74) is 5.60. The third-order valence-electron chi connectivity index (χ3n) is 5.06. The van der Waals surface area contributed by atoms with Gasteiger partial charge in [-0.25, -0.2) is 0 Å². The Labute approximate surface area is 173 Å². The summed E-state index contributed by atoms with van der Waals surface area (Å²) in [5, 5.41) is 0. The fraction of sp³-hybridized carbons (Fsp3) is 0.269. The Balaban J connectivity index is 1.80.